The molecule has 94 valence electrons. The van der Waals surface area contributed by atoms with Gasteiger partial charge in [-0.3, -0.25) is 0 Å². The van der Waals surface area contributed by atoms with Crippen molar-refractivity contribution < 1.29 is 0 Å². The van der Waals surface area contributed by atoms with Crippen molar-refractivity contribution in [2.75, 3.05) is 45.2 Å². The van der Waals surface area contributed by atoms with E-state index < -0.39 is 0 Å². The standard InChI is InChI=1S/C13H20BrN3/c1-15-10-11-3-4-13(12(14)9-11)17-7-5-16(2)6-8-17/h3-4,9,15H,5-8,10H2,1-2H3. The predicted octanol–water partition coefficient (Wildman–Crippen LogP) is 1.92. The zero-order valence-corrected chi connectivity index (χ0v) is 12.1. The second kappa shape index (κ2) is 5.85. The molecule has 1 saturated heterocycles. The molecule has 3 nitrogen and oxygen atoms in total. The lowest BCUT2D eigenvalue weighted by molar-refractivity contribution is 0.312. The quantitative estimate of drug-likeness (QED) is 0.920. The number of benzene rings is 1. The zero-order valence-electron chi connectivity index (χ0n) is 10.5. The minimum atomic E-state index is 0.918. The summed E-state index contributed by atoms with van der Waals surface area (Å²) in [6.07, 6.45) is 0. The second-order valence-electron chi connectivity index (χ2n) is 4.61. The highest BCUT2D eigenvalue weighted by Gasteiger charge is 2.16. The number of hydrogen-bond donors (Lipinski definition) is 1. The van der Waals surface area contributed by atoms with Crippen LogP contribution >= 0.6 is 15.9 Å². The Balaban J connectivity index is 2.10. The Kier molecular flexibility index (Phi) is 4.42. The molecule has 0 aliphatic carbocycles. The van der Waals surface area contributed by atoms with Gasteiger partial charge in [-0.2, -0.15) is 0 Å². The molecular weight excluding hydrogens is 278 g/mol. The van der Waals surface area contributed by atoms with Gasteiger partial charge in [-0.1, -0.05) is 6.07 Å². The van der Waals surface area contributed by atoms with Crippen molar-refractivity contribution in [2.24, 2.45) is 0 Å². The Morgan fingerprint density at radius 1 is 1.24 bits per heavy atom. The highest BCUT2D eigenvalue weighted by Crippen LogP contribution is 2.28. The van der Waals surface area contributed by atoms with Gasteiger partial charge in [-0.25, -0.2) is 0 Å². The van der Waals surface area contributed by atoms with Crippen molar-refractivity contribution in [1.82, 2.24) is 10.2 Å². The summed E-state index contributed by atoms with van der Waals surface area (Å²) in [6, 6.07) is 6.64. The summed E-state index contributed by atoms with van der Waals surface area (Å²) in [5, 5.41) is 3.17. The number of likely N-dealkylation sites (N-methyl/N-ethyl adjacent to an activating group) is 1. The normalized spacial score (nSPS) is 17.5. The molecule has 0 radical (unpaired) electrons. The summed E-state index contributed by atoms with van der Waals surface area (Å²) in [5.74, 6) is 0. The topological polar surface area (TPSA) is 18.5 Å². The minimum Gasteiger partial charge on any atom is -0.368 e. The molecule has 1 aromatic rings. The van der Waals surface area contributed by atoms with E-state index in [1.807, 2.05) is 7.05 Å². The van der Waals surface area contributed by atoms with Crippen LogP contribution in [0.15, 0.2) is 22.7 Å². The number of halogens is 1. The van der Waals surface area contributed by atoms with E-state index in [0.717, 1.165) is 32.7 Å². The second-order valence-corrected chi connectivity index (χ2v) is 5.46. The van der Waals surface area contributed by atoms with Crippen LogP contribution in [-0.2, 0) is 6.54 Å². The Labute approximate surface area is 112 Å². The molecule has 0 atom stereocenters. The van der Waals surface area contributed by atoms with Crippen molar-refractivity contribution in [3.8, 4) is 0 Å². The molecule has 1 heterocycles. The summed E-state index contributed by atoms with van der Waals surface area (Å²) in [4.78, 5) is 4.83. The summed E-state index contributed by atoms with van der Waals surface area (Å²) < 4.78 is 1.20. The number of hydrogen-bond acceptors (Lipinski definition) is 3. The molecule has 0 aromatic heterocycles. The maximum absolute atomic E-state index is 3.68. The maximum Gasteiger partial charge on any atom is 0.0511 e. The first-order chi connectivity index (χ1) is 8.20. The average Bonchev–Trinajstić information content (AvgIpc) is 2.31. The molecule has 0 amide bonds. The summed E-state index contributed by atoms with van der Waals surface area (Å²) >= 11 is 3.68. The summed E-state index contributed by atoms with van der Waals surface area (Å²) in [5.41, 5.74) is 2.63. The number of piperazine rings is 1. The first kappa shape index (κ1) is 12.9. The van der Waals surface area contributed by atoms with Crippen molar-refractivity contribution in [3.05, 3.63) is 28.2 Å². The molecule has 17 heavy (non-hydrogen) atoms. The molecule has 0 saturated carbocycles. The van der Waals surface area contributed by atoms with Gasteiger partial charge in [0.2, 0.25) is 0 Å². The first-order valence-corrected chi connectivity index (χ1v) is 6.86. The van der Waals surface area contributed by atoms with Crippen LogP contribution in [0.2, 0.25) is 0 Å². The molecule has 0 unspecified atom stereocenters. The van der Waals surface area contributed by atoms with Crippen LogP contribution in [0, 0.1) is 0 Å². The van der Waals surface area contributed by atoms with Crippen LogP contribution in [0.25, 0.3) is 0 Å². The van der Waals surface area contributed by atoms with E-state index in [0.29, 0.717) is 0 Å². The Morgan fingerprint density at radius 2 is 1.94 bits per heavy atom. The van der Waals surface area contributed by atoms with Gasteiger partial charge in [0.15, 0.2) is 0 Å². The molecule has 1 aliphatic heterocycles. The van der Waals surface area contributed by atoms with Gasteiger partial charge in [0.25, 0.3) is 0 Å². The van der Waals surface area contributed by atoms with Crippen LogP contribution in [-0.4, -0.2) is 45.2 Å². The molecule has 0 bridgehead atoms. The van der Waals surface area contributed by atoms with Gasteiger partial charge >= 0.3 is 0 Å². The molecule has 4 heteroatoms. The lowest BCUT2D eigenvalue weighted by atomic mass is 10.2. The molecule has 1 aliphatic rings. The van der Waals surface area contributed by atoms with E-state index in [-0.39, 0.29) is 0 Å². The molecule has 2 rings (SSSR count). The third-order valence-corrected chi connectivity index (χ3v) is 3.87. The predicted molar refractivity (Wildman–Crippen MR) is 76.6 cm³/mol. The number of rotatable bonds is 3. The molecule has 1 fully saturated rings. The first-order valence-electron chi connectivity index (χ1n) is 6.07. The van der Waals surface area contributed by atoms with Crippen LogP contribution in [0.5, 0.6) is 0 Å². The van der Waals surface area contributed by atoms with Crippen LogP contribution in [0.3, 0.4) is 0 Å². The van der Waals surface area contributed by atoms with Crippen molar-refractivity contribution >= 4 is 21.6 Å². The monoisotopic (exact) mass is 297 g/mol. The molecule has 0 spiro atoms. The number of nitrogens with one attached hydrogen (secondary N) is 1. The average molecular weight is 298 g/mol. The maximum atomic E-state index is 3.68. The van der Waals surface area contributed by atoms with Gasteiger partial charge in [-0.05, 0) is 47.7 Å². The molecule has 1 aromatic carbocycles. The lowest BCUT2D eigenvalue weighted by Gasteiger charge is -2.34. The van der Waals surface area contributed by atoms with Gasteiger partial charge in [0.1, 0.15) is 0 Å². The van der Waals surface area contributed by atoms with Crippen LogP contribution in [0.1, 0.15) is 5.56 Å². The minimum absolute atomic E-state index is 0.918. The Hall–Kier alpha value is -0.580. The lowest BCUT2D eigenvalue weighted by Crippen LogP contribution is -2.44. The molecular formula is C13H20BrN3. The smallest absolute Gasteiger partial charge is 0.0511 e. The number of nitrogens with zero attached hydrogens (tertiary/aromatic N) is 2. The third kappa shape index (κ3) is 3.21. The van der Waals surface area contributed by atoms with E-state index in [1.54, 1.807) is 0 Å². The summed E-state index contributed by atoms with van der Waals surface area (Å²) in [6.45, 7) is 5.43. The van der Waals surface area contributed by atoms with Crippen LogP contribution in [0.4, 0.5) is 5.69 Å². The van der Waals surface area contributed by atoms with Gasteiger partial charge in [-0.15, -0.1) is 0 Å². The molecule has 1 N–H and O–H groups in total. The third-order valence-electron chi connectivity index (χ3n) is 3.24. The highest BCUT2D eigenvalue weighted by molar-refractivity contribution is 9.10. The Morgan fingerprint density at radius 3 is 2.53 bits per heavy atom. The van der Waals surface area contributed by atoms with E-state index in [4.69, 9.17) is 0 Å². The largest absolute Gasteiger partial charge is 0.368 e. The van der Waals surface area contributed by atoms with Gasteiger partial charge < -0.3 is 15.1 Å². The number of anilines is 1. The fraction of sp³-hybridized carbons (Fsp3) is 0.538. The van der Waals surface area contributed by atoms with E-state index >= 15 is 0 Å². The SMILES string of the molecule is CNCc1ccc(N2CCN(C)CC2)c(Br)c1. The van der Waals surface area contributed by atoms with Crippen LogP contribution < -0.4 is 10.2 Å². The van der Waals surface area contributed by atoms with E-state index in [1.165, 1.54) is 15.7 Å². The Bertz CT molecular complexity index is 373. The van der Waals surface area contributed by atoms with Gasteiger partial charge in [0, 0.05) is 37.2 Å². The summed E-state index contributed by atoms with van der Waals surface area (Å²) in [7, 11) is 4.16. The van der Waals surface area contributed by atoms with Crippen molar-refractivity contribution in [2.45, 2.75) is 6.54 Å². The van der Waals surface area contributed by atoms with Crippen molar-refractivity contribution in [3.63, 3.8) is 0 Å². The fourth-order valence-corrected chi connectivity index (χ4v) is 2.85. The fourth-order valence-electron chi connectivity index (χ4n) is 2.17. The van der Waals surface area contributed by atoms with E-state index in [2.05, 4.69) is 56.3 Å². The zero-order chi connectivity index (χ0) is 12.3. The highest BCUT2D eigenvalue weighted by atomic mass is 79.9. The van der Waals surface area contributed by atoms with Crippen molar-refractivity contribution in [1.29, 1.82) is 0 Å². The van der Waals surface area contributed by atoms with Gasteiger partial charge in [0.05, 0.1) is 5.69 Å². The van der Waals surface area contributed by atoms with E-state index in [9.17, 15) is 0 Å².